The maximum atomic E-state index is 11.3. The van der Waals surface area contributed by atoms with E-state index in [2.05, 4.69) is 9.51 Å². The minimum Gasteiger partial charge on any atom is -0.367 e. The lowest BCUT2D eigenvalue weighted by molar-refractivity contribution is -0.0199. The average Bonchev–Trinajstić information content (AvgIpc) is 2.16. The van der Waals surface area contributed by atoms with Crippen molar-refractivity contribution < 1.29 is 28.5 Å². The van der Waals surface area contributed by atoms with Crippen LogP contribution in [0.5, 0.6) is 0 Å². The first-order valence-corrected chi connectivity index (χ1v) is 9.00. The molecular weight excluding hydrogens is 268 g/mol. The lowest BCUT2D eigenvalue weighted by Crippen LogP contribution is -2.13. The predicted octanol–water partition coefficient (Wildman–Crippen LogP) is 0.960. The van der Waals surface area contributed by atoms with Gasteiger partial charge in [0.1, 0.15) is 0 Å². The molecule has 3 N–H and O–H groups in total. The third-order valence-corrected chi connectivity index (χ3v) is 6.41. The molecule has 9 heteroatoms. The Morgan fingerprint density at radius 1 is 1.47 bits per heavy atom. The van der Waals surface area contributed by atoms with E-state index in [1.165, 1.54) is 12.4 Å². The molecule has 0 bridgehead atoms. The second-order valence-corrected chi connectivity index (χ2v) is 10.1. The van der Waals surface area contributed by atoms with E-state index in [0.29, 0.717) is 12.2 Å². The summed E-state index contributed by atoms with van der Waals surface area (Å²) in [5.41, 5.74) is 0.573. The van der Waals surface area contributed by atoms with Gasteiger partial charge in [-0.2, -0.15) is 0 Å². The third kappa shape index (κ3) is 4.32. The molecule has 17 heavy (non-hydrogen) atoms. The molecule has 1 aromatic heterocycles. The van der Waals surface area contributed by atoms with Crippen molar-refractivity contribution in [2.45, 2.75) is 12.7 Å². The quantitative estimate of drug-likeness (QED) is 0.543. The third-order valence-electron chi connectivity index (χ3n) is 1.86. The molecule has 0 spiro atoms. The van der Waals surface area contributed by atoms with Crippen molar-refractivity contribution >= 4 is 14.3 Å². The zero-order chi connectivity index (χ0) is 13.1. The van der Waals surface area contributed by atoms with Crippen molar-refractivity contribution in [3.63, 3.8) is 0 Å². The molecular formula is C8H13NO6P2. The number of pyridine rings is 1. The van der Waals surface area contributed by atoms with Crippen LogP contribution in [-0.4, -0.2) is 32.8 Å². The lowest BCUT2D eigenvalue weighted by Gasteiger charge is -2.18. The Labute approximate surface area is 98.0 Å². The van der Waals surface area contributed by atoms with Crippen LogP contribution in [-0.2, 0) is 20.1 Å². The minimum absolute atomic E-state index is 0.0988. The number of aliphatic hydroxyl groups is 1. The highest BCUT2D eigenvalue weighted by Gasteiger charge is 2.40. The normalized spacial score (nSPS) is 20.2. The van der Waals surface area contributed by atoms with E-state index in [-0.39, 0.29) is 6.42 Å². The molecule has 0 amide bonds. The summed E-state index contributed by atoms with van der Waals surface area (Å²) in [6.07, 6.45) is 1.23. The smallest absolute Gasteiger partial charge is 0.367 e. The van der Waals surface area contributed by atoms with Gasteiger partial charge in [-0.25, -0.2) is 4.57 Å². The molecule has 3 unspecified atom stereocenters. The molecule has 0 aliphatic heterocycles. The number of hydrogen-bond donors (Lipinski definition) is 3. The maximum Gasteiger partial charge on any atom is 0.411 e. The Balaban J connectivity index is 2.65. The zero-order valence-electron chi connectivity index (χ0n) is 9.00. The molecule has 7 nitrogen and oxygen atoms in total. The van der Waals surface area contributed by atoms with Crippen LogP contribution in [0.3, 0.4) is 0 Å². The van der Waals surface area contributed by atoms with Gasteiger partial charge in [0.2, 0.25) is 0 Å². The van der Waals surface area contributed by atoms with Gasteiger partial charge in [-0.15, -0.1) is 0 Å². The Morgan fingerprint density at radius 3 is 2.59 bits per heavy atom. The highest BCUT2D eigenvalue weighted by atomic mass is 32.1. The Bertz CT molecular complexity index is 458. The SMILES string of the molecule is CP(=O)(O)P(=O)(O)OC(O)Cc1cccnc1. The van der Waals surface area contributed by atoms with Crippen LogP contribution < -0.4 is 0 Å². The van der Waals surface area contributed by atoms with Gasteiger partial charge in [0.05, 0.1) is 0 Å². The van der Waals surface area contributed by atoms with Crippen LogP contribution in [0, 0.1) is 0 Å². The molecule has 0 aromatic carbocycles. The van der Waals surface area contributed by atoms with E-state index >= 15 is 0 Å². The summed E-state index contributed by atoms with van der Waals surface area (Å²) in [5, 5.41) is 9.39. The van der Waals surface area contributed by atoms with Crippen molar-refractivity contribution in [3.8, 4) is 0 Å². The summed E-state index contributed by atoms with van der Waals surface area (Å²) < 4.78 is 26.6. The summed E-state index contributed by atoms with van der Waals surface area (Å²) in [4.78, 5) is 21.9. The Hall–Kier alpha value is -0.550. The molecule has 96 valence electrons. The van der Waals surface area contributed by atoms with Gasteiger partial charge in [-0.3, -0.25) is 14.1 Å². The van der Waals surface area contributed by atoms with E-state index in [4.69, 9.17) is 9.79 Å². The first kappa shape index (κ1) is 14.5. The first-order valence-electron chi connectivity index (χ1n) is 4.61. The maximum absolute atomic E-state index is 11.3. The fourth-order valence-corrected chi connectivity index (χ4v) is 2.42. The fourth-order valence-electron chi connectivity index (χ4n) is 1.00. The van der Waals surface area contributed by atoms with Crippen LogP contribution in [0.15, 0.2) is 24.5 Å². The zero-order valence-corrected chi connectivity index (χ0v) is 10.8. The van der Waals surface area contributed by atoms with Crippen molar-refractivity contribution in [1.29, 1.82) is 0 Å². The molecule has 1 aromatic rings. The summed E-state index contributed by atoms with van der Waals surface area (Å²) in [7, 11) is -9.04. The average molecular weight is 281 g/mol. The number of hydrogen-bond acceptors (Lipinski definition) is 5. The van der Waals surface area contributed by atoms with E-state index < -0.39 is 20.6 Å². The van der Waals surface area contributed by atoms with Crippen LogP contribution in [0.2, 0.25) is 0 Å². The number of rotatable bonds is 5. The van der Waals surface area contributed by atoms with Crippen molar-refractivity contribution in [2.75, 3.05) is 6.66 Å². The monoisotopic (exact) mass is 281 g/mol. The predicted molar refractivity (Wildman–Crippen MR) is 60.6 cm³/mol. The number of aliphatic hydroxyl groups excluding tert-OH is 1. The van der Waals surface area contributed by atoms with Crippen LogP contribution in [0.4, 0.5) is 0 Å². The van der Waals surface area contributed by atoms with Crippen LogP contribution in [0.25, 0.3) is 0 Å². The van der Waals surface area contributed by atoms with E-state index in [9.17, 15) is 14.2 Å². The largest absolute Gasteiger partial charge is 0.411 e. The summed E-state index contributed by atoms with van der Waals surface area (Å²) in [6.45, 7) is 0.699. The minimum atomic E-state index is -4.73. The van der Waals surface area contributed by atoms with Gasteiger partial charge >= 0.3 is 14.3 Å². The van der Waals surface area contributed by atoms with Gasteiger partial charge in [-0.1, -0.05) is 6.07 Å². The molecule has 0 saturated heterocycles. The standard InChI is InChI=1S/C8H13NO6P2/c1-16(11,12)17(13,14)15-8(10)5-7-3-2-4-9-6-7/h2-4,6,8,10H,5H2,1H3,(H,11,12)(H,13,14). The number of aromatic nitrogens is 1. The van der Waals surface area contributed by atoms with Gasteiger partial charge in [-0.05, 0) is 11.6 Å². The molecule has 0 aliphatic carbocycles. The highest BCUT2D eigenvalue weighted by molar-refractivity contribution is 8.28. The molecule has 0 saturated carbocycles. The van der Waals surface area contributed by atoms with Gasteiger partial charge < -0.3 is 14.9 Å². The van der Waals surface area contributed by atoms with Crippen LogP contribution in [0.1, 0.15) is 5.56 Å². The highest BCUT2D eigenvalue weighted by Crippen LogP contribution is 2.75. The topological polar surface area (TPSA) is 117 Å². The van der Waals surface area contributed by atoms with Crippen LogP contribution >= 0.6 is 14.3 Å². The second kappa shape index (κ2) is 5.40. The molecule has 1 heterocycles. The van der Waals surface area contributed by atoms with Gasteiger partial charge in [0, 0.05) is 25.5 Å². The van der Waals surface area contributed by atoms with Crippen molar-refractivity contribution in [1.82, 2.24) is 4.98 Å². The van der Waals surface area contributed by atoms with E-state index in [1.54, 1.807) is 12.1 Å². The molecule has 0 aliphatic rings. The summed E-state index contributed by atoms with van der Waals surface area (Å²) >= 11 is 0. The van der Waals surface area contributed by atoms with Gasteiger partial charge in [0.15, 0.2) is 6.29 Å². The van der Waals surface area contributed by atoms with E-state index in [0.717, 1.165) is 0 Å². The van der Waals surface area contributed by atoms with E-state index in [1.807, 2.05) is 0 Å². The Kier molecular flexibility index (Phi) is 4.61. The molecule has 0 radical (unpaired) electrons. The summed E-state index contributed by atoms with van der Waals surface area (Å²) in [5.74, 6) is 0. The first-order chi connectivity index (χ1) is 7.72. The van der Waals surface area contributed by atoms with Crippen molar-refractivity contribution in [2.24, 2.45) is 0 Å². The second-order valence-electron chi connectivity index (χ2n) is 3.45. The fraction of sp³-hybridized carbons (Fsp3) is 0.375. The van der Waals surface area contributed by atoms with Crippen molar-refractivity contribution in [3.05, 3.63) is 30.1 Å². The lowest BCUT2D eigenvalue weighted by atomic mass is 10.2. The Morgan fingerprint density at radius 2 is 2.12 bits per heavy atom. The molecule has 1 rings (SSSR count). The van der Waals surface area contributed by atoms with Gasteiger partial charge in [0.25, 0.3) is 0 Å². The number of nitrogens with zero attached hydrogens (tertiary/aromatic N) is 1. The molecule has 3 atom stereocenters. The molecule has 0 fully saturated rings. The summed E-state index contributed by atoms with van der Waals surface area (Å²) in [6, 6.07) is 3.25.